The van der Waals surface area contributed by atoms with Crippen LogP contribution in [-0.4, -0.2) is 29.2 Å². The molecule has 29 heavy (non-hydrogen) atoms. The first kappa shape index (κ1) is 17.5. The minimum Gasteiger partial charge on any atom is -0.432 e. The molecule has 0 amide bonds. The molecule has 0 saturated carbocycles. The van der Waals surface area contributed by atoms with Gasteiger partial charge in [0.2, 0.25) is 0 Å². The number of hydrogen-bond acceptors (Lipinski definition) is 5. The van der Waals surface area contributed by atoms with Crippen LogP contribution in [0.15, 0.2) is 47.2 Å². The number of nitrogens with zero attached hydrogens (tertiary/aromatic N) is 6. The summed E-state index contributed by atoms with van der Waals surface area (Å²) in [5.41, 5.74) is 1.54. The fourth-order valence-electron chi connectivity index (χ4n) is 3.28. The van der Waals surface area contributed by atoms with Gasteiger partial charge in [-0.15, -0.1) is 10.2 Å². The number of aromatic nitrogens is 6. The zero-order chi connectivity index (χ0) is 20.3. The highest BCUT2D eigenvalue weighted by atomic mass is 19.1. The Morgan fingerprint density at radius 1 is 1.03 bits per heavy atom. The van der Waals surface area contributed by atoms with Crippen LogP contribution in [0.5, 0.6) is 0 Å². The van der Waals surface area contributed by atoms with E-state index in [0.29, 0.717) is 22.9 Å². The van der Waals surface area contributed by atoms with Crippen molar-refractivity contribution in [3.63, 3.8) is 0 Å². The molecule has 0 spiro atoms. The lowest BCUT2D eigenvalue weighted by Gasteiger charge is -2.15. The van der Waals surface area contributed by atoms with Gasteiger partial charge in [-0.2, -0.15) is 14.6 Å². The number of halogens is 2. The molecular weight excluding hydrogens is 378 g/mol. The topological polar surface area (TPSA) is 73.5 Å². The van der Waals surface area contributed by atoms with E-state index in [4.69, 9.17) is 4.42 Å². The molecule has 0 aliphatic carbocycles. The van der Waals surface area contributed by atoms with Crippen LogP contribution in [0.2, 0.25) is 0 Å². The maximum atomic E-state index is 14.5. The number of benzene rings is 1. The molecule has 1 aromatic carbocycles. The summed E-state index contributed by atoms with van der Waals surface area (Å²) in [6, 6.07) is 6.77. The molecule has 9 heteroatoms. The molecule has 4 aromatic heterocycles. The number of rotatable bonds is 2. The summed E-state index contributed by atoms with van der Waals surface area (Å²) in [7, 11) is 0. The first-order chi connectivity index (χ1) is 13.8. The van der Waals surface area contributed by atoms with E-state index in [1.165, 1.54) is 6.26 Å². The van der Waals surface area contributed by atoms with Gasteiger partial charge in [-0.05, 0) is 30.3 Å². The Labute approximate surface area is 163 Å². The van der Waals surface area contributed by atoms with Crippen molar-refractivity contribution in [1.29, 1.82) is 0 Å². The van der Waals surface area contributed by atoms with Crippen molar-refractivity contribution in [3.8, 4) is 22.6 Å². The summed E-state index contributed by atoms with van der Waals surface area (Å²) in [6.45, 7) is 6.04. The standard InChI is InChI=1S/C20H16F2N6O/c1-20(2,3)18-25-24-15-7-6-14(26-28(15)18)17-16(23-19-27(17)8-9-29-19)12-10-11(21)4-5-13(12)22/h4-10H,1-3H3. The largest absolute Gasteiger partial charge is 0.432 e. The summed E-state index contributed by atoms with van der Waals surface area (Å²) in [6.07, 6.45) is 3.12. The van der Waals surface area contributed by atoms with Gasteiger partial charge >= 0.3 is 5.84 Å². The Balaban J connectivity index is 1.81. The predicted molar refractivity (Wildman–Crippen MR) is 101 cm³/mol. The van der Waals surface area contributed by atoms with Crippen LogP contribution in [-0.2, 0) is 5.41 Å². The van der Waals surface area contributed by atoms with Crippen molar-refractivity contribution in [2.75, 3.05) is 0 Å². The Kier molecular flexibility index (Phi) is 3.58. The first-order valence-corrected chi connectivity index (χ1v) is 8.97. The molecule has 0 unspecified atom stereocenters. The Morgan fingerprint density at radius 2 is 1.86 bits per heavy atom. The number of hydrogen-bond donors (Lipinski definition) is 0. The van der Waals surface area contributed by atoms with Gasteiger partial charge < -0.3 is 4.42 Å². The highest BCUT2D eigenvalue weighted by Gasteiger charge is 2.25. The molecule has 0 N–H and O–H groups in total. The third-order valence-corrected chi connectivity index (χ3v) is 4.62. The first-order valence-electron chi connectivity index (χ1n) is 8.97. The summed E-state index contributed by atoms with van der Waals surface area (Å²) >= 11 is 0. The van der Waals surface area contributed by atoms with E-state index in [1.54, 1.807) is 27.2 Å². The van der Waals surface area contributed by atoms with Crippen molar-refractivity contribution in [2.24, 2.45) is 0 Å². The quantitative estimate of drug-likeness (QED) is 0.447. The summed E-state index contributed by atoms with van der Waals surface area (Å²) in [5.74, 6) is -0.218. The predicted octanol–water partition coefficient (Wildman–Crippen LogP) is 4.27. The molecule has 5 aromatic rings. The van der Waals surface area contributed by atoms with Crippen LogP contribution < -0.4 is 0 Å². The van der Waals surface area contributed by atoms with Gasteiger partial charge in [-0.3, -0.25) is 4.40 Å². The lowest BCUT2D eigenvalue weighted by Crippen LogP contribution is -2.17. The lowest BCUT2D eigenvalue weighted by molar-refractivity contribution is 0.527. The highest BCUT2D eigenvalue weighted by molar-refractivity contribution is 5.80. The zero-order valence-corrected chi connectivity index (χ0v) is 15.9. The van der Waals surface area contributed by atoms with Crippen molar-refractivity contribution >= 4 is 11.5 Å². The number of oxazole rings is 1. The molecule has 5 rings (SSSR count). The third-order valence-electron chi connectivity index (χ3n) is 4.62. The van der Waals surface area contributed by atoms with E-state index in [9.17, 15) is 8.78 Å². The van der Waals surface area contributed by atoms with E-state index >= 15 is 0 Å². The third kappa shape index (κ3) is 2.69. The minimum absolute atomic E-state index is 0.0283. The molecule has 0 radical (unpaired) electrons. The van der Waals surface area contributed by atoms with Crippen molar-refractivity contribution in [3.05, 3.63) is 60.3 Å². The molecule has 0 aliphatic heterocycles. The van der Waals surface area contributed by atoms with E-state index in [1.807, 2.05) is 20.8 Å². The van der Waals surface area contributed by atoms with Crippen LogP contribution >= 0.6 is 0 Å². The summed E-state index contributed by atoms with van der Waals surface area (Å²) in [5, 5.41) is 13.1. The van der Waals surface area contributed by atoms with E-state index in [0.717, 1.165) is 18.2 Å². The van der Waals surface area contributed by atoms with Gasteiger partial charge in [0.25, 0.3) is 0 Å². The molecule has 0 atom stereocenters. The fourth-order valence-corrected chi connectivity index (χ4v) is 3.28. The van der Waals surface area contributed by atoms with Gasteiger partial charge in [-0.25, -0.2) is 8.78 Å². The monoisotopic (exact) mass is 394 g/mol. The zero-order valence-electron chi connectivity index (χ0n) is 15.9. The molecule has 0 saturated heterocycles. The molecule has 146 valence electrons. The van der Waals surface area contributed by atoms with Gasteiger partial charge in [0.15, 0.2) is 11.5 Å². The Hall–Kier alpha value is -3.62. The van der Waals surface area contributed by atoms with Gasteiger partial charge in [0.1, 0.15) is 35.0 Å². The highest BCUT2D eigenvalue weighted by Crippen LogP contribution is 2.34. The van der Waals surface area contributed by atoms with Crippen molar-refractivity contribution in [1.82, 2.24) is 29.2 Å². The second kappa shape index (κ2) is 5.94. The Bertz CT molecular complexity index is 1380. The fraction of sp³-hybridized carbons (Fsp3) is 0.200. The second-order valence-corrected chi connectivity index (χ2v) is 7.75. The summed E-state index contributed by atoms with van der Waals surface area (Å²) in [4.78, 5) is 4.37. The van der Waals surface area contributed by atoms with Gasteiger partial charge in [0, 0.05) is 17.2 Å². The average molecular weight is 394 g/mol. The van der Waals surface area contributed by atoms with E-state index < -0.39 is 11.6 Å². The molecule has 4 heterocycles. The molecule has 0 bridgehead atoms. The molecule has 0 fully saturated rings. The van der Waals surface area contributed by atoms with Crippen molar-refractivity contribution < 1.29 is 13.2 Å². The number of imidazole rings is 1. The maximum Gasteiger partial charge on any atom is 0.306 e. The van der Waals surface area contributed by atoms with Crippen LogP contribution in [0.3, 0.4) is 0 Å². The second-order valence-electron chi connectivity index (χ2n) is 7.75. The summed E-state index contributed by atoms with van der Waals surface area (Å²) < 4.78 is 37.0. The van der Waals surface area contributed by atoms with E-state index in [-0.39, 0.29) is 22.5 Å². The van der Waals surface area contributed by atoms with Crippen LogP contribution in [0, 0.1) is 11.6 Å². The van der Waals surface area contributed by atoms with Crippen LogP contribution in [0.4, 0.5) is 8.78 Å². The van der Waals surface area contributed by atoms with Crippen molar-refractivity contribution in [2.45, 2.75) is 26.2 Å². The molecular formula is C20H16F2N6O. The number of fused-ring (bicyclic) bond motifs is 2. The van der Waals surface area contributed by atoms with E-state index in [2.05, 4.69) is 20.3 Å². The normalized spacial score (nSPS) is 12.3. The van der Waals surface area contributed by atoms with Crippen LogP contribution in [0.25, 0.3) is 34.1 Å². The Morgan fingerprint density at radius 3 is 2.66 bits per heavy atom. The van der Waals surface area contributed by atoms with Gasteiger partial charge in [0.05, 0.1) is 0 Å². The average Bonchev–Trinajstić information content (AvgIpc) is 3.35. The van der Waals surface area contributed by atoms with Crippen LogP contribution in [0.1, 0.15) is 26.6 Å². The lowest BCUT2D eigenvalue weighted by atomic mass is 9.96. The minimum atomic E-state index is -0.589. The SMILES string of the molecule is CC(C)(C)c1nnc2ccc(-c3c(-c4cc(F)ccc4F)nc4occn34)nn12. The molecule has 7 nitrogen and oxygen atoms in total. The smallest absolute Gasteiger partial charge is 0.306 e. The van der Waals surface area contributed by atoms with Gasteiger partial charge in [-0.1, -0.05) is 20.8 Å². The maximum absolute atomic E-state index is 14.5. The molecule has 0 aliphatic rings.